The maximum Gasteiger partial charge on any atom is 0.305 e. The number of unbranched alkanes of at least 4 members (excludes halogenated alkanes) is 1. The number of Topliss-reactive ketones (excluding diaryl/α,β-unsaturated/α-hetero) is 3. The Kier molecular flexibility index (Phi) is 18.8. The van der Waals surface area contributed by atoms with Crippen LogP contribution >= 0.6 is 0 Å². The van der Waals surface area contributed by atoms with E-state index in [4.69, 9.17) is 0 Å². The Morgan fingerprint density at radius 3 is 2.02 bits per heavy atom. The van der Waals surface area contributed by atoms with E-state index in [2.05, 4.69) is 39.4 Å². The summed E-state index contributed by atoms with van der Waals surface area (Å²) in [6.45, 7) is 8.16. The standard InChI is InChI=1S/C32H48N4O8/c1-5-36(6-2)21-11-10-14-26(28(39)17-20-31(42)44-4)35-30(41)19-16-27(38)23(3)34-29(40)18-15-25(37)22-33-32(43)24-12-8-7-9-13-24/h7-9,12-13,23,26H,5-6,10-11,14-22H2,1-4H3,(H,33,43)(H,34,40)(H,35,41)/t23-,26-/m0/s1. The number of rotatable bonds is 23. The highest BCUT2D eigenvalue weighted by Gasteiger charge is 2.23. The van der Waals surface area contributed by atoms with Crippen molar-refractivity contribution < 1.29 is 38.3 Å². The zero-order valence-electron chi connectivity index (χ0n) is 26.4. The number of hydrogen-bond acceptors (Lipinski definition) is 9. The Labute approximate surface area is 260 Å². The van der Waals surface area contributed by atoms with Crippen molar-refractivity contribution in [3.63, 3.8) is 0 Å². The molecule has 44 heavy (non-hydrogen) atoms. The van der Waals surface area contributed by atoms with Gasteiger partial charge in [-0.2, -0.15) is 0 Å². The molecule has 0 saturated heterocycles. The van der Waals surface area contributed by atoms with Gasteiger partial charge in [0, 0.05) is 37.7 Å². The van der Waals surface area contributed by atoms with Gasteiger partial charge in [-0.05, 0) is 58.0 Å². The number of nitrogens with one attached hydrogen (secondary N) is 3. The minimum atomic E-state index is -0.874. The summed E-state index contributed by atoms with van der Waals surface area (Å²) in [4.78, 5) is 88.1. The van der Waals surface area contributed by atoms with Crippen LogP contribution in [0.5, 0.6) is 0 Å². The number of methoxy groups -OCH3 is 1. The fourth-order valence-corrected chi connectivity index (χ4v) is 4.36. The van der Waals surface area contributed by atoms with Crippen LogP contribution in [-0.4, -0.2) is 91.3 Å². The van der Waals surface area contributed by atoms with Crippen molar-refractivity contribution in [3.8, 4) is 0 Å². The van der Waals surface area contributed by atoms with Crippen LogP contribution in [0.2, 0.25) is 0 Å². The van der Waals surface area contributed by atoms with Crippen LogP contribution in [0.25, 0.3) is 0 Å². The van der Waals surface area contributed by atoms with Gasteiger partial charge in [-0.25, -0.2) is 0 Å². The van der Waals surface area contributed by atoms with Gasteiger partial charge in [0.25, 0.3) is 5.91 Å². The molecule has 0 fully saturated rings. The molecule has 12 nitrogen and oxygen atoms in total. The van der Waals surface area contributed by atoms with Crippen molar-refractivity contribution in [2.24, 2.45) is 0 Å². The van der Waals surface area contributed by atoms with Gasteiger partial charge in [-0.15, -0.1) is 0 Å². The number of ketones is 3. The molecule has 0 aromatic heterocycles. The summed E-state index contributed by atoms with van der Waals surface area (Å²) in [5, 5.41) is 7.76. The molecule has 1 aromatic rings. The second-order valence-electron chi connectivity index (χ2n) is 10.5. The monoisotopic (exact) mass is 616 g/mol. The number of hydrogen-bond donors (Lipinski definition) is 3. The first-order valence-electron chi connectivity index (χ1n) is 15.3. The molecule has 0 spiro atoms. The van der Waals surface area contributed by atoms with Gasteiger partial charge in [0.15, 0.2) is 17.3 Å². The number of esters is 1. The molecule has 1 rings (SSSR count). The molecular formula is C32H48N4O8. The lowest BCUT2D eigenvalue weighted by molar-refractivity contribution is -0.142. The number of carbonyl (C=O) groups excluding carboxylic acids is 7. The third-order valence-electron chi connectivity index (χ3n) is 7.21. The molecule has 244 valence electrons. The van der Waals surface area contributed by atoms with Gasteiger partial charge in [0.1, 0.15) is 0 Å². The van der Waals surface area contributed by atoms with E-state index in [1.54, 1.807) is 30.3 Å². The summed E-state index contributed by atoms with van der Waals surface area (Å²) in [6, 6.07) is 6.78. The third kappa shape index (κ3) is 16.1. The lowest BCUT2D eigenvalue weighted by atomic mass is 10.0. The van der Waals surface area contributed by atoms with Gasteiger partial charge in [-0.3, -0.25) is 33.6 Å². The van der Waals surface area contributed by atoms with Crippen molar-refractivity contribution in [1.29, 1.82) is 0 Å². The van der Waals surface area contributed by atoms with E-state index in [1.807, 2.05) is 0 Å². The Morgan fingerprint density at radius 1 is 0.773 bits per heavy atom. The van der Waals surface area contributed by atoms with E-state index in [-0.39, 0.29) is 68.3 Å². The molecule has 0 radical (unpaired) electrons. The lowest BCUT2D eigenvalue weighted by Crippen LogP contribution is -2.42. The summed E-state index contributed by atoms with van der Waals surface area (Å²) in [6.07, 6.45) is 1.26. The van der Waals surface area contributed by atoms with Crippen LogP contribution in [0, 0.1) is 0 Å². The van der Waals surface area contributed by atoms with Crippen molar-refractivity contribution in [2.75, 3.05) is 33.3 Å². The predicted molar refractivity (Wildman–Crippen MR) is 165 cm³/mol. The van der Waals surface area contributed by atoms with Gasteiger partial charge in [0.05, 0.1) is 32.2 Å². The molecule has 0 bridgehead atoms. The van der Waals surface area contributed by atoms with E-state index >= 15 is 0 Å². The smallest absolute Gasteiger partial charge is 0.305 e. The highest BCUT2D eigenvalue weighted by Crippen LogP contribution is 2.09. The number of nitrogens with zero attached hydrogens (tertiary/aromatic N) is 1. The Balaban J connectivity index is 2.47. The maximum absolute atomic E-state index is 12.8. The fourth-order valence-electron chi connectivity index (χ4n) is 4.36. The first-order chi connectivity index (χ1) is 21.0. The van der Waals surface area contributed by atoms with E-state index in [0.717, 1.165) is 26.1 Å². The molecule has 2 atom stereocenters. The van der Waals surface area contributed by atoms with Crippen LogP contribution in [0.1, 0.15) is 88.9 Å². The fraction of sp³-hybridized carbons (Fsp3) is 0.594. The van der Waals surface area contributed by atoms with Crippen LogP contribution in [0.3, 0.4) is 0 Å². The van der Waals surface area contributed by atoms with Crippen LogP contribution < -0.4 is 16.0 Å². The van der Waals surface area contributed by atoms with E-state index in [0.29, 0.717) is 18.4 Å². The molecular weight excluding hydrogens is 568 g/mol. The summed E-state index contributed by atoms with van der Waals surface area (Å²) >= 11 is 0. The average molecular weight is 617 g/mol. The molecule has 0 aliphatic rings. The van der Waals surface area contributed by atoms with Crippen molar-refractivity contribution in [3.05, 3.63) is 35.9 Å². The SMILES string of the molecule is CCN(CC)CCCC[C@H](NC(=O)CCC(=O)[C@H](C)NC(=O)CCC(=O)CNC(=O)c1ccccc1)C(=O)CCC(=O)OC. The van der Waals surface area contributed by atoms with Gasteiger partial charge >= 0.3 is 5.97 Å². The zero-order valence-corrected chi connectivity index (χ0v) is 26.4. The Morgan fingerprint density at radius 2 is 1.39 bits per heavy atom. The summed E-state index contributed by atoms with van der Waals surface area (Å²) in [5.41, 5.74) is 0.422. The third-order valence-corrected chi connectivity index (χ3v) is 7.21. The maximum atomic E-state index is 12.8. The number of benzene rings is 1. The topological polar surface area (TPSA) is 168 Å². The summed E-state index contributed by atoms with van der Waals surface area (Å²) < 4.78 is 4.60. The minimum Gasteiger partial charge on any atom is -0.469 e. The normalized spacial score (nSPS) is 12.1. The largest absolute Gasteiger partial charge is 0.469 e. The zero-order chi connectivity index (χ0) is 32.9. The second-order valence-corrected chi connectivity index (χ2v) is 10.5. The van der Waals surface area contributed by atoms with Crippen molar-refractivity contribution >= 4 is 41.0 Å². The highest BCUT2D eigenvalue weighted by molar-refractivity contribution is 5.97. The van der Waals surface area contributed by atoms with Crippen LogP contribution in [0.15, 0.2) is 30.3 Å². The first-order valence-corrected chi connectivity index (χ1v) is 15.3. The molecule has 12 heteroatoms. The van der Waals surface area contributed by atoms with Gasteiger partial charge in [-0.1, -0.05) is 32.0 Å². The van der Waals surface area contributed by atoms with E-state index < -0.39 is 29.9 Å². The molecule has 0 aliphatic carbocycles. The molecule has 3 amide bonds. The number of amides is 3. The second kappa shape index (κ2) is 21.7. The average Bonchev–Trinajstić information content (AvgIpc) is 3.03. The molecule has 0 aliphatic heterocycles. The van der Waals surface area contributed by atoms with Crippen LogP contribution in [-0.2, 0) is 33.5 Å². The molecule has 0 unspecified atom stereocenters. The molecule has 1 aromatic carbocycles. The summed E-state index contributed by atoms with van der Waals surface area (Å²) in [7, 11) is 1.24. The van der Waals surface area contributed by atoms with E-state index in [1.165, 1.54) is 14.0 Å². The Hall–Kier alpha value is -3.93. The van der Waals surface area contributed by atoms with E-state index in [9.17, 15) is 33.6 Å². The van der Waals surface area contributed by atoms with Gasteiger partial charge in [0.2, 0.25) is 11.8 Å². The summed E-state index contributed by atoms with van der Waals surface area (Å²) in [5.74, 6) is -2.84. The molecule has 0 saturated carbocycles. The van der Waals surface area contributed by atoms with Crippen molar-refractivity contribution in [2.45, 2.75) is 90.6 Å². The molecule has 3 N–H and O–H groups in total. The highest BCUT2D eigenvalue weighted by atomic mass is 16.5. The Bertz CT molecular complexity index is 1100. The van der Waals surface area contributed by atoms with Crippen molar-refractivity contribution in [1.82, 2.24) is 20.9 Å². The lowest BCUT2D eigenvalue weighted by Gasteiger charge is -2.20. The number of carbonyl (C=O) groups is 7. The number of ether oxygens (including phenoxy) is 1. The van der Waals surface area contributed by atoms with Gasteiger partial charge < -0.3 is 25.6 Å². The first kappa shape index (κ1) is 38.1. The predicted octanol–water partition coefficient (Wildman–Crippen LogP) is 2.14. The minimum absolute atomic E-state index is 0.0580. The molecule has 0 heterocycles. The quantitative estimate of drug-likeness (QED) is 0.123. The van der Waals surface area contributed by atoms with Crippen LogP contribution in [0.4, 0.5) is 0 Å².